The van der Waals surface area contributed by atoms with E-state index in [9.17, 15) is 18.0 Å². The molecule has 0 bridgehead atoms. The molecule has 1 aromatic heterocycles. The van der Waals surface area contributed by atoms with Gasteiger partial charge in [-0.25, -0.2) is 0 Å². The Kier molecular flexibility index (Phi) is 5.06. The first-order valence-electron chi connectivity index (χ1n) is 7.19. The van der Waals surface area contributed by atoms with Crippen LogP contribution in [0, 0.1) is 0 Å². The van der Waals surface area contributed by atoms with Crippen molar-refractivity contribution in [2.24, 2.45) is 7.05 Å². The number of alkyl halides is 3. The van der Waals surface area contributed by atoms with Gasteiger partial charge in [0.25, 0.3) is 0 Å². The Morgan fingerprint density at radius 1 is 1.29 bits per heavy atom. The summed E-state index contributed by atoms with van der Waals surface area (Å²) in [6, 6.07) is 4.32. The van der Waals surface area contributed by atoms with Gasteiger partial charge in [0.15, 0.2) is 5.82 Å². The molecule has 0 aliphatic rings. The van der Waals surface area contributed by atoms with Crippen LogP contribution < -0.4 is 5.32 Å². The van der Waals surface area contributed by atoms with Gasteiger partial charge in [0.2, 0.25) is 5.91 Å². The molecule has 0 aliphatic carbocycles. The summed E-state index contributed by atoms with van der Waals surface area (Å²) in [6.07, 6.45) is -1.50. The van der Waals surface area contributed by atoms with Crippen LogP contribution in [-0.4, -0.2) is 20.7 Å². The summed E-state index contributed by atoms with van der Waals surface area (Å²) in [5.41, 5.74) is 0.384. The molecule has 0 aliphatic heterocycles. The molecule has 0 saturated carbocycles. The third kappa shape index (κ3) is 4.21. The van der Waals surface area contributed by atoms with Crippen LogP contribution in [0.15, 0.2) is 36.7 Å². The van der Waals surface area contributed by atoms with Gasteiger partial charge in [-0.05, 0) is 37.1 Å². The standard InChI is InChI=1S/C16H17F3N4O/c1-10(12-4-6-13(7-5-12)16(17,18)19)8-14(24)21-11(2)15-22-20-9-23(15)3/h4-9,11H,1-3H3,(H,21,24)/b10-8+/t11-/m1/s1. The number of hydrogen-bond donors (Lipinski definition) is 1. The molecule has 0 saturated heterocycles. The molecule has 1 N–H and O–H groups in total. The van der Waals surface area contributed by atoms with Gasteiger partial charge < -0.3 is 9.88 Å². The zero-order valence-corrected chi connectivity index (χ0v) is 13.4. The fourth-order valence-electron chi connectivity index (χ4n) is 2.21. The summed E-state index contributed by atoms with van der Waals surface area (Å²) in [6.45, 7) is 3.43. The van der Waals surface area contributed by atoms with Crippen LogP contribution in [-0.2, 0) is 18.0 Å². The normalized spacial score (nSPS) is 13.7. The van der Waals surface area contributed by atoms with Crippen LogP contribution in [0.5, 0.6) is 0 Å². The predicted molar refractivity (Wildman–Crippen MR) is 82.7 cm³/mol. The Hall–Kier alpha value is -2.64. The highest BCUT2D eigenvalue weighted by Gasteiger charge is 2.29. The molecule has 128 valence electrons. The average Bonchev–Trinajstić information content (AvgIpc) is 2.92. The summed E-state index contributed by atoms with van der Waals surface area (Å²) in [4.78, 5) is 12.0. The highest BCUT2D eigenvalue weighted by atomic mass is 19.4. The quantitative estimate of drug-likeness (QED) is 0.872. The fraction of sp³-hybridized carbons (Fsp3) is 0.312. The first kappa shape index (κ1) is 17.7. The minimum absolute atomic E-state index is 0.346. The molecule has 8 heteroatoms. The number of hydrogen-bond acceptors (Lipinski definition) is 3. The molecule has 1 heterocycles. The number of rotatable bonds is 4. The van der Waals surface area contributed by atoms with E-state index in [1.807, 2.05) is 0 Å². The smallest absolute Gasteiger partial charge is 0.343 e. The van der Waals surface area contributed by atoms with Crippen LogP contribution >= 0.6 is 0 Å². The lowest BCUT2D eigenvalue weighted by atomic mass is 10.0. The van der Waals surface area contributed by atoms with Crippen molar-refractivity contribution in [3.63, 3.8) is 0 Å². The molecule has 1 amide bonds. The van der Waals surface area contributed by atoms with Crippen molar-refractivity contribution >= 4 is 11.5 Å². The van der Waals surface area contributed by atoms with Crippen molar-refractivity contribution in [1.29, 1.82) is 0 Å². The first-order valence-corrected chi connectivity index (χ1v) is 7.19. The number of carbonyl (C=O) groups excluding carboxylic acids is 1. The third-order valence-electron chi connectivity index (χ3n) is 3.51. The van der Waals surface area contributed by atoms with Crippen LogP contribution in [0.3, 0.4) is 0 Å². The summed E-state index contributed by atoms with van der Waals surface area (Å²) in [7, 11) is 1.77. The molecule has 2 aromatic rings. The van der Waals surface area contributed by atoms with Gasteiger partial charge in [-0.2, -0.15) is 13.2 Å². The lowest BCUT2D eigenvalue weighted by Crippen LogP contribution is -2.26. The zero-order chi connectivity index (χ0) is 17.9. The number of carbonyl (C=O) groups is 1. The molecule has 1 aromatic carbocycles. The van der Waals surface area contributed by atoms with Gasteiger partial charge in [0.05, 0.1) is 11.6 Å². The minimum atomic E-state index is -4.38. The molecule has 0 fully saturated rings. The molecule has 0 radical (unpaired) electrons. The second-order valence-corrected chi connectivity index (χ2v) is 5.43. The van der Waals surface area contributed by atoms with Crippen molar-refractivity contribution in [1.82, 2.24) is 20.1 Å². The summed E-state index contributed by atoms with van der Waals surface area (Å²) < 4.78 is 39.3. The van der Waals surface area contributed by atoms with Gasteiger partial charge in [-0.1, -0.05) is 12.1 Å². The number of nitrogens with zero attached hydrogens (tertiary/aromatic N) is 3. The van der Waals surface area contributed by atoms with Crippen LogP contribution in [0.25, 0.3) is 5.57 Å². The van der Waals surface area contributed by atoms with Crippen molar-refractivity contribution in [2.45, 2.75) is 26.1 Å². The maximum absolute atomic E-state index is 12.5. The number of aryl methyl sites for hydroxylation is 1. The Morgan fingerprint density at radius 2 is 1.92 bits per heavy atom. The second-order valence-electron chi connectivity index (χ2n) is 5.43. The number of aromatic nitrogens is 3. The third-order valence-corrected chi connectivity index (χ3v) is 3.51. The van der Waals surface area contributed by atoms with Crippen LogP contribution in [0.2, 0.25) is 0 Å². The number of nitrogens with one attached hydrogen (secondary N) is 1. The Morgan fingerprint density at radius 3 is 2.42 bits per heavy atom. The molecule has 0 spiro atoms. The maximum atomic E-state index is 12.5. The molecule has 5 nitrogen and oxygen atoms in total. The second kappa shape index (κ2) is 6.86. The molecule has 24 heavy (non-hydrogen) atoms. The van der Waals surface area contributed by atoms with E-state index < -0.39 is 11.7 Å². The van der Waals surface area contributed by atoms with Gasteiger partial charge in [-0.3, -0.25) is 4.79 Å². The Bertz CT molecular complexity index is 747. The zero-order valence-electron chi connectivity index (χ0n) is 13.4. The maximum Gasteiger partial charge on any atom is 0.416 e. The summed E-state index contributed by atoms with van der Waals surface area (Å²) in [5.74, 6) is 0.242. The van der Waals surface area contributed by atoms with E-state index in [1.54, 1.807) is 25.5 Å². The van der Waals surface area contributed by atoms with Crippen LogP contribution in [0.4, 0.5) is 13.2 Å². The van der Waals surface area contributed by atoms with Crippen molar-refractivity contribution in [3.8, 4) is 0 Å². The topological polar surface area (TPSA) is 59.8 Å². The Labute approximate surface area is 137 Å². The summed E-state index contributed by atoms with van der Waals surface area (Å²) >= 11 is 0. The molecule has 0 unspecified atom stereocenters. The number of amides is 1. The summed E-state index contributed by atoms with van der Waals surface area (Å²) in [5, 5.41) is 10.4. The Balaban J connectivity index is 2.07. The van der Waals surface area contributed by atoms with Gasteiger partial charge in [0, 0.05) is 13.1 Å². The number of allylic oxidation sites excluding steroid dienone is 1. The molecule has 2 rings (SSSR count). The van der Waals surface area contributed by atoms with E-state index in [0.29, 0.717) is 17.0 Å². The van der Waals surface area contributed by atoms with E-state index in [4.69, 9.17) is 0 Å². The van der Waals surface area contributed by atoms with Gasteiger partial charge in [0.1, 0.15) is 6.33 Å². The average molecular weight is 338 g/mol. The largest absolute Gasteiger partial charge is 0.416 e. The van der Waals surface area contributed by atoms with E-state index in [2.05, 4.69) is 15.5 Å². The van der Waals surface area contributed by atoms with E-state index >= 15 is 0 Å². The lowest BCUT2D eigenvalue weighted by molar-refractivity contribution is -0.137. The fourth-order valence-corrected chi connectivity index (χ4v) is 2.21. The van der Waals surface area contributed by atoms with E-state index in [0.717, 1.165) is 12.1 Å². The van der Waals surface area contributed by atoms with Gasteiger partial charge >= 0.3 is 6.18 Å². The monoisotopic (exact) mass is 338 g/mol. The molecule has 1 atom stereocenters. The number of halogens is 3. The van der Waals surface area contributed by atoms with E-state index in [1.165, 1.54) is 24.5 Å². The minimum Gasteiger partial charge on any atom is -0.343 e. The van der Waals surface area contributed by atoms with Gasteiger partial charge in [-0.15, -0.1) is 10.2 Å². The molecular weight excluding hydrogens is 321 g/mol. The van der Waals surface area contributed by atoms with E-state index in [-0.39, 0.29) is 11.9 Å². The highest BCUT2D eigenvalue weighted by molar-refractivity contribution is 5.95. The van der Waals surface area contributed by atoms with Crippen molar-refractivity contribution < 1.29 is 18.0 Å². The highest BCUT2D eigenvalue weighted by Crippen LogP contribution is 2.30. The SMILES string of the molecule is C/C(=C\C(=O)N[C@H](C)c1nncn1C)c1ccc(C(F)(F)F)cc1. The predicted octanol–water partition coefficient (Wildman–Crippen LogP) is 3.11. The molecular formula is C16H17F3N4O. The van der Waals surface area contributed by atoms with Crippen molar-refractivity contribution in [3.05, 3.63) is 53.6 Å². The van der Waals surface area contributed by atoms with Crippen LogP contribution in [0.1, 0.15) is 36.8 Å². The first-order chi connectivity index (χ1) is 11.2. The number of benzene rings is 1. The lowest BCUT2D eigenvalue weighted by Gasteiger charge is -2.12. The van der Waals surface area contributed by atoms with Crippen molar-refractivity contribution in [2.75, 3.05) is 0 Å².